The molecule has 0 aliphatic carbocycles. The van der Waals surface area contributed by atoms with E-state index in [9.17, 15) is 14.0 Å². The zero-order valence-electron chi connectivity index (χ0n) is 14.3. The van der Waals surface area contributed by atoms with Crippen LogP contribution in [-0.2, 0) is 4.79 Å². The Morgan fingerprint density at radius 1 is 1.18 bits per heavy atom. The van der Waals surface area contributed by atoms with Crippen molar-refractivity contribution in [2.24, 2.45) is 0 Å². The Morgan fingerprint density at radius 2 is 2.04 bits per heavy atom. The van der Waals surface area contributed by atoms with Gasteiger partial charge in [-0.2, -0.15) is 5.10 Å². The van der Waals surface area contributed by atoms with E-state index in [1.54, 1.807) is 24.3 Å². The van der Waals surface area contributed by atoms with Crippen LogP contribution in [0.5, 0.6) is 5.75 Å². The quantitative estimate of drug-likeness (QED) is 0.534. The third kappa shape index (κ3) is 3.73. The first kappa shape index (κ1) is 17.4. The molecule has 28 heavy (non-hydrogen) atoms. The molecule has 0 bridgehead atoms. The molecule has 4 rings (SSSR count). The highest BCUT2D eigenvalue weighted by Gasteiger charge is 2.09. The molecule has 2 aromatic carbocycles. The first-order valence-corrected chi connectivity index (χ1v) is 8.19. The van der Waals surface area contributed by atoms with Crippen LogP contribution >= 0.6 is 0 Å². The number of hydrogen-bond acceptors (Lipinski definition) is 6. The number of anilines is 1. The number of carbonyl (C=O) groups is 1. The smallest absolute Gasteiger partial charge is 0.336 e. The number of aromatic nitrogens is 3. The molecule has 0 radical (unpaired) electrons. The second-order valence-corrected chi connectivity index (χ2v) is 5.80. The average Bonchev–Trinajstić information content (AvgIpc) is 3.20. The van der Waals surface area contributed by atoms with Crippen LogP contribution in [0.3, 0.4) is 0 Å². The minimum Gasteiger partial charge on any atom is -0.484 e. The molecule has 1 amide bonds. The number of benzene rings is 2. The number of amides is 1. The summed E-state index contributed by atoms with van der Waals surface area (Å²) in [5.74, 6) is -0.666. The summed E-state index contributed by atoms with van der Waals surface area (Å²) in [7, 11) is 0. The molecule has 140 valence electrons. The van der Waals surface area contributed by atoms with Gasteiger partial charge in [-0.25, -0.2) is 18.9 Å². The van der Waals surface area contributed by atoms with E-state index in [1.165, 1.54) is 41.6 Å². The molecule has 2 heterocycles. The molecule has 9 heteroatoms. The highest BCUT2D eigenvalue weighted by Crippen LogP contribution is 2.20. The van der Waals surface area contributed by atoms with Gasteiger partial charge in [0.15, 0.2) is 12.4 Å². The average molecular weight is 380 g/mol. The molecule has 0 aliphatic rings. The molecular weight excluding hydrogens is 367 g/mol. The van der Waals surface area contributed by atoms with E-state index < -0.39 is 17.3 Å². The summed E-state index contributed by atoms with van der Waals surface area (Å²) >= 11 is 0. The molecule has 0 spiro atoms. The zero-order valence-corrected chi connectivity index (χ0v) is 14.3. The van der Waals surface area contributed by atoms with Crippen molar-refractivity contribution in [2.75, 3.05) is 11.9 Å². The van der Waals surface area contributed by atoms with Gasteiger partial charge >= 0.3 is 5.63 Å². The maximum atomic E-state index is 14.2. The van der Waals surface area contributed by atoms with Crippen molar-refractivity contribution >= 4 is 22.6 Å². The molecule has 0 saturated carbocycles. The number of fused-ring (bicyclic) bond motifs is 1. The predicted octanol–water partition coefficient (Wildman–Crippen LogP) is 2.53. The monoisotopic (exact) mass is 380 g/mol. The van der Waals surface area contributed by atoms with E-state index in [-0.39, 0.29) is 18.0 Å². The van der Waals surface area contributed by atoms with Gasteiger partial charge in [0.25, 0.3) is 5.91 Å². The summed E-state index contributed by atoms with van der Waals surface area (Å²) in [6, 6.07) is 12.1. The van der Waals surface area contributed by atoms with Crippen LogP contribution in [0.15, 0.2) is 70.4 Å². The van der Waals surface area contributed by atoms with Crippen molar-refractivity contribution < 1.29 is 18.3 Å². The van der Waals surface area contributed by atoms with Crippen LogP contribution in [-0.4, -0.2) is 27.3 Å². The topological polar surface area (TPSA) is 99.2 Å². The van der Waals surface area contributed by atoms with Crippen molar-refractivity contribution in [1.82, 2.24) is 14.8 Å². The highest BCUT2D eigenvalue weighted by atomic mass is 19.1. The predicted molar refractivity (Wildman–Crippen MR) is 97.9 cm³/mol. The summed E-state index contributed by atoms with van der Waals surface area (Å²) in [5.41, 5.74) is 0.374. The lowest BCUT2D eigenvalue weighted by Gasteiger charge is -2.09. The molecule has 0 unspecified atom stereocenters. The van der Waals surface area contributed by atoms with Crippen LogP contribution in [0.4, 0.5) is 10.1 Å². The standard InChI is InChI=1S/C19H13FN4O4/c20-15-7-13(3-5-16(15)24-11-21-10-22-24)23-18(25)9-27-14-4-1-12-2-6-19(26)28-17(12)8-14/h1-8,10-11H,9H2,(H,23,25). The van der Waals surface area contributed by atoms with Crippen LogP contribution in [0.25, 0.3) is 16.7 Å². The zero-order chi connectivity index (χ0) is 19.5. The van der Waals surface area contributed by atoms with E-state index in [1.807, 2.05) is 0 Å². The number of ether oxygens (including phenoxy) is 1. The van der Waals surface area contributed by atoms with Gasteiger partial charge in [0.1, 0.15) is 29.7 Å². The molecule has 0 atom stereocenters. The van der Waals surface area contributed by atoms with Gasteiger partial charge in [-0.3, -0.25) is 4.79 Å². The van der Waals surface area contributed by atoms with Gasteiger partial charge in [-0.05, 0) is 36.4 Å². The Kier molecular flexibility index (Phi) is 4.55. The van der Waals surface area contributed by atoms with Gasteiger partial charge < -0.3 is 14.5 Å². The van der Waals surface area contributed by atoms with Crippen molar-refractivity contribution in [3.8, 4) is 11.4 Å². The summed E-state index contributed by atoms with van der Waals surface area (Å²) in [6.45, 7) is -0.297. The van der Waals surface area contributed by atoms with Gasteiger partial charge in [0, 0.05) is 23.2 Å². The van der Waals surface area contributed by atoms with Crippen molar-refractivity contribution in [2.45, 2.75) is 0 Å². The minimum absolute atomic E-state index is 0.212. The number of carbonyl (C=O) groups excluding carboxylic acids is 1. The van der Waals surface area contributed by atoms with E-state index in [2.05, 4.69) is 15.4 Å². The van der Waals surface area contributed by atoms with Crippen molar-refractivity contribution in [3.05, 3.63) is 77.4 Å². The number of nitrogens with zero attached hydrogens (tertiary/aromatic N) is 3. The molecule has 0 aliphatic heterocycles. The lowest BCUT2D eigenvalue weighted by atomic mass is 10.2. The SMILES string of the molecule is O=C(COc1ccc2ccc(=O)oc2c1)Nc1ccc(-n2cncn2)c(F)c1. The van der Waals surface area contributed by atoms with E-state index in [4.69, 9.17) is 9.15 Å². The maximum Gasteiger partial charge on any atom is 0.336 e. The van der Waals surface area contributed by atoms with Crippen LogP contribution in [0.1, 0.15) is 0 Å². The Labute approximate surface area is 157 Å². The summed E-state index contributed by atoms with van der Waals surface area (Å²) in [6.07, 6.45) is 2.67. The van der Waals surface area contributed by atoms with E-state index >= 15 is 0 Å². The van der Waals surface area contributed by atoms with Gasteiger partial charge in [-0.15, -0.1) is 0 Å². The van der Waals surface area contributed by atoms with Crippen LogP contribution in [0, 0.1) is 5.82 Å². The minimum atomic E-state index is -0.561. The second kappa shape index (κ2) is 7.31. The summed E-state index contributed by atoms with van der Waals surface area (Å²) < 4.78 is 25.9. The molecular formula is C19H13FN4O4. The van der Waals surface area contributed by atoms with Crippen molar-refractivity contribution in [3.63, 3.8) is 0 Å². The van der Waals surface area contributed by atoms with Crippen LogP contribution < -0.4 is 15.7 Å². The first-order chi connectivity index (χ1) is 13.6. The van der Waals surface area contributed by atoms with Crippen LogP contribution in [0.2, 0.25) is 0 Å². The van der Waals surface area contributed by atoms with E-state index in [0.717, 1.165) is 5.39 Å². The molecule has 2 aromatic heterocycles. The largest absolute Gasteiger partial charge is 0.484 e. The van der Waals surface area contributed by atoms with Crippen molar-refractivity contribution in [1.29, 1.82) is 0 Å². The third-order valence-corrected chi connectivity index (χ3v) is 3.86. The second-order valence-electron chi connectivity index (χ2n) is 5.80. The van der Waals surface area contributed by atoms with Gasteiger partial charge in [0.2, 0.25) is 0 Å². The lowest BCUT2D eigenvalue weighted by Crippen LogP contribution is -2.20. The third-order valence-electron chi connectivity index (χ3n) is 3.86. The Bertz CT molecular complexity index is 1200. The molecule has 4 aromatic rings. The first-order valence-electron chi connectivity index (χ1n) is 8.19. The molecule has 8 nitrogen and oxygen atoms in total. The molecule has 0 saturated heterocycles. The summed E-state index contributed by atoms with van der Waals surface area (Å²) in [4.78, 5) is 27.1. The van der Waals surface area contributed by atoms with Gasteiger partial charge in [0.05, 0.1) is 0 Å². The fourth-order valence-corrected chi connectivity index (χ4v) is 2.58. The number of nitrogens with one attached hydrogen (secondary N) is 1. The molecule has 0 fully saturated rings. The lowest BCUT2D eigenvalue weighted by molar-refractivity contribution is -0.118. The number of hydrogen-bond donors (Lipinski definition) is 1. The highest BCUT2D eigenvalue weighted by molar-refractivity contribution is 5.92. The Morgan fingerprint density at radius 3 is 2.82 bits per heavy atom. The molecule has 1 N–H and O–H groups in total. The number of rotatable bonds is 5. The Hall–Kier alpha value is -4.01. The fraction of sp³-hybridized carbons (Fsp3) is 0.0526. The van der Waals surface area contributed by atoms with E-state index in [0.29, 0.717) is 11.3 Å². The van der Waals surface area contributed by atoms with Gasteiger partial charge in [-0.1, -0.05) is 0 Å². The fourth-order valence-electron chi connectivity index (χ4n) is 2.58. The normalized spacial score (nSPS) is 10.8. The maximum absolute atomic E-state index is 14.2. The Balaban J connectivity index is 1.40. The summed E-state index contributed by atoms with van der Waals surface area (Å²) in [5, 5.41) is 7.14. The number of halogens is 1.